The van der Waals surface area contributed by atoms with Gasteiger partial charge in [0.25, 0.3) is 0 Å². The van der Waals surface area contributed by atoms with Gasteiger partial charge in [-0.05, 0) is 30.2 Å². The molecule has 0 bridgehead atoms. The van der Waals surface area contributed by atoms with E-state index in [-0.39, 0.29) is 22.6 Å². The van der Waals surface area contributed by atoms with Gasteiger partial charge in [-0.2, -0.15) is 0 Å². The normalized spacial score (nSPS) is 10.8. The average Bonchev–Trinajstić information content (AvgIpc) is 3.49. The summed E-state index contributed by atoms with van der Waals surface area (Å²) >= 11 is 2.87. The lowest BCUT2D eigenvalue weighted by Gasteiger charge is -2.11. The first kappa shape index (κ1) is 26.2. The molecule has 9 nitrogen and oxygen atoms in total. The van der Waals surface area contributed by atoms with Gasteiger partial charge in [-0.15, -0.1) is 28.1 Å². The maximum absolute atomic E-state index is 12.7. The first-order valence-corrected chi connectivity index (χ1v) is 12.5. The topological polar surface area (TPSA) is 112 Å². The van der Waals surface area contributed by atoms with Crippen molar-refractivity contribution in [3.8, 4) is 11.4 Å². The summed E-state index contributed by atoms with van der Waals surface area (Å²) < 4.78 is 11.4. The Morgan fingerprint density at radius 3 is 2.54 bits per heavy atom. The quantitative estimate of drug-likeness (QED) is 0.237. The number of rotatable bonds is 10. The molecule has 0 aliphatic heterocycles. The zero-order valence-corrected chi connectivity index (χ0v) is 21.5. The van der Waals surface area contributed by atoms with Gasteiger partial charge in [0.2, 0.25) is 5.91 Å². The third-order valence-corrected chi connectivity index (χ3v) is 7.13. The van der Waals surface area contributed by atoms with Gasteiger partial charge in [-0.1, -0.05) is 31.7 Å². The number of allylic oxidation sites excluding steroid dienone is 1. The maximum atomic E-state index is 12.7. The highest BCUT2D eigenvalue weighted by atomic mass is 32.2. The van der Waals surface area contributed by atoms with Crippen LogP contribution in [0.5, 0.6) is 0 Å². The molecule has 0 radical (unpaired) electrons. The molecule has 3 aromatic rings. The molecule has 2 heterocycles. The van der Waals surface area contributed by atoms with Crippen molar-refractivity contribution in [2.45, 2.75) is 31.5 Å². The summed E-state index contributed by atoms with van der Waals surface area (Å²) in [5.74, 6) is -0.514. The Labute approximate surface area is 211 Å². The summed E-state index contributed by atoms with van der Waals surface area (Å²) in [4.78, 5) is 38.0. The molecular formula is C24H26N4O5S2. The van der Waals surface area contributed by atoms with Gasteiger partial charge in [-0.3, -0.25) is 9.36 Å². The van der Waals surface area contributed by atoms with Gasteiger partial charge in [0.05, 0.1) is 36.8 Å². The van der Waals surface area contributed by atoms with E-state index < -0.39 is 17.8 Å². The number of hydrogen-bond donors (Lipinski definition) is 1. The van der Waals surface area contributed by atoms with E-state index in [1.807, 2.05) is 9.95 Å². The molecule has 184 valence electrons. The van der Waals surface area contributed by atoms with Crippen molar-refractivity contribution in [1.82, 2.24) is 14.8 Å². The third kappa shape index (κ3) is 6.17. The summed E-state index contributed by atoms with van der Waals surface area (Å²) in [6.07, 6.45) is 1.74. The predicted molar refractivity (Wildman–Crippen MR) is 136 cm³/mol. The van der Waals surface area contributed by atoms with E-state index >= 15 is 0 Å². The summed E-state index contributed by atoms with van der Waals surface area (Å²) in [5, 5.41) is 13.9. The number of carbonyl (C=O) groups is 3. The van der Waals surface area contributed by atoms with Gasteiger partial charge in [0.1, 0.15) is 0 Å². The molecular weight excluding hydrogens is 488 g/mol. The zero-order chi connectivity index (χ0) is 25.5. The van der Waals surface area contributed by atoms with Gasteiger partial charge in [-0.25, -0.2) is 9.59 Å². The van der Waals surface area contributed by atoms with Crippen LogP contribution in [0.25, 0.3) is 11.4 Å². The predicted octanol–water partition coefficient (Wildman–Crippen LogP) is 4.62. The molecule has 2 aromatic heterocycles. The Morgan fingerprint density at radius 1 is 1.17 bits per heavy atom. The minimum Gasteiger partial charge on any atom is -0.465 e. The Morgan fingerprint density at radius 2 is 1.91 bits per heavy atom. The number of thioether (sulfide) groups is 1. The number of carbonyl (C=O) groups excluding carboxylic acids is 3. The van der Waals surface area contributed by atoms with Crippen LogP contribution in [-0.4, -0.2) is 52.6 Å². The van der Waals surface area contributed by atoms with E-state index in [1.54, 1.807) is 17.4 Å². The number of anilines is 1. The number of aromatic nitrogens is 3. The molecule has 35 heavy (non-hydrogen) atoms. The van der Waals surface area contributed by atoms with Crippen LogP contribution < -0.4 is 5.32 Å². The molecule has 1 N–H and O–H groups in total. The van der Waals surface area contributed by atoms with Crippen LogP contribution in [0.1, 0.15) is 45.4 Å². The second-order valence-corrected chi connectivity index (χ2v) is 9.56. The maximum Gasteiger partial charge on any atom is 0.339 e. The van der Waals surface area contributed by atoms with E-state index in [2.05, 4.69) is 42.0 Å². The molecule has 0 spiro atoms. The fourth-order valence-electron chi connectivity index (χ4n) is 3.17. The Hall–Kier alpha value is -3.44. The smallest absolute Gasteiger partial charge is 0.339 e. The number of thiophene rings is 1. The Bertz CT molecular complexity index is 1250. The van der Waals surface area contributed by atoms with E-state index in [0.29, 0.717) is 23.4 Å². The third-order valence-electron chi connectivity index (χ3n) is 4.93. The van der Waals surface area contributed by atoms with Crippen molar-refractivity contribution in [3.63, 3.8) is 0 Å². The SMILES string of the molecule is C=CCn1c(SCC(=O)Nc2cc(C(=O)OC)ccc2C(=O)OC)nnc1-c1csc(C(C)C)c1. The van der Waals surface area contributed by atoms with E-state index in [4.69, 9.17) is 9.47 Å². The van der Waals surface area contributed by atoms with Crippen LogP contribution in [0, 0.1) is 0 Å². The van der Waals surface area contributed by atoms with Gasteiger partial charge < -0.3 is 14.8 Å². The number of ether oxygens (including phenoxy) is 2. The molecule has 1 amide bonds. The Kier molecular flexibility index (Phi) is 8.83. The first-order valence-electron chi connectivity index (χ1n) is 10.6. The second-order valence-electron chi connectivity index (χ2n) is 7.68. The van der Waals surface area contributed by atoms with Crippen LogP contribution in [0.4, 0.5) is 5.69 Å². The van der Waals surface area contributed by atoms with Crippen molar-refractivity contribution in [2.24, 2.45) is 0 Å². The lowest BCUT2D eigenvalue weighted by Crippen LogP contribution is -2.18. The average molecular weight is 515 g/mol. The molecule has 11 heteroatoms. The summed E-state index contributed by atoms with van der Waals surface area (Å²) in [5.41, 5.74) is 1.42. The first-order chi connectivity index (χ1) is 16.8. The highest BCUT2D eigenvalue weighted by molar-refractivity contribution is 7.99. The van der Waals surface area contributed by atoms with Gasteiger partial charge in [0, 0.05) is 22.4 Å². The molecule has 0 saturated carbocycles. The van der Waals surface area contributed by atoms with Crippen LogP contribution in [0.2, 0.25) is 0 Å². The minimum atomic E-state index is -0.642. The van der Waals surface area contributed by atoms with E-state index in [1.165, 1.54) is 49.1 Å². The Balaban J connectivity index is 1.78. The van der Waals surface area contributed by atoms with Crippen LogP contribution in [-0.2, 0) is 20.8 Å². The number of nitrogens with one attached hydrogen (secondary N) is 1. The molecule has 0 aliphatic rings. The van der Waals surface area contributed by atoms with Crippen molar-refractivity contribution in [2.75, 3.05) is 25.3 Å². The molecule has 0 atom stereocenters. The number of nitrogens with zero attached hydrogens (tertiary/aromatic N) is 3. The largest absolute Gasteiger partial charge is 0.465 e. The standard InChI is InChI=1S/C24H26N4O5S2/c1-6-9-28-21(16-11-19(14(2)3)34-12-16)26-27-24(28)35-13-20(29)25-18-10-15(22(30)32-4)7-8-17(18)23(31)33-5/h6-8,10-12,14H,1,9,13H2,2-5H3,(H,25,29). The van der Waals surface area contributed by atoms with Gasteiger partial charge in [0.15, 0.2) is 11.0 Å². The zero-order valence-electron chi connectivity index (χ0n) is 19.9. The minimum absolute atomic E-state index is 0.000772. The number of benzene rings is 1. The number of hydrogen-bond acceptors (Lipinski definition) is 9. The summed E-state index contributed by atoms with van der Waals surface area (Å²) in [6.45, 7) is 8.57. The van der Waals surface area contributed by atoms with E-state index in [9.17, 15) is 14.4 Å². The van der Waals surface area contributed by atoms with Crippen LogP contribution in [0.15, 0.2) is 47.5 Å². The fourth-order valence-corrected chi connectivity index (χ4v) is 4.82. The monoisotopic (exact) mass is 514 g/mol. The number of esters is 2. The lowest BCUT2D eigenvalue weighted by atomic mass is 10.1. The highest BCUT2D eigenvalue weighted by Gasteiger charge is 2.20. The second kappa shape index (κ2) is 11.8. The highest BCUT2D eigenvalue weighted by Crippen LogP contribution is 2.31. The summed E-state index contributed by atoms with van der Waals surface area (Å²) in [7, 11) is 2.48. The fraction of sp³-hybridized carbons (Fsp3) is 0.292. The lowest BCUT2D eigenvalue weighted by molar-refractivity contribution is -0.113. The molecule has 0 fully saturated rings. The van der Waals surface area contributed by atoms with E-state index in [0.717, 1.165) is 5.56 Å². The molecule has 0 unspecified atom stereocenters. The molecule has 0 saturated heterocycles. The van der Waals surface area contributed by atoms with Crippen molar-refractivity contribution in [1.29, 1.82) is 0 Å². The molecule has 0 aliphatic carbocycles. The van der Waals surface area contributed by atoms with Crippen molar-refractivity contribution >= 4 is 46.6 Å². The number of amides is 1. The van der Waals surface area contributed by atoms with Gasteiger partial charge >= 0.3 is 11.9 Å². The van der Waals surface area contributed by atoms with Crippen molar-refractivity contribution < 1.29 is 23.9 Å². The van der Waals surface area contributed by atoms with Crippen LogP contribution >= 0.6 is 23.1 Å². The van der Waals surface area contributed by atoms with Crippen molar-refractivity contribution in [3.05, 3.63) is 58.3 Å². The summed E-state index contributed by atoms with van der Waals surface area (Å²) in [6, 6.07) is 6.31. The number of methoxy groups -OCH3 is 2. The molecule has 1 aromatic carbocycles. The van der Waals surface area contributed by atoms with Crippen LogP contribution in [0.3, 0.4) is 0 Å². The molecule has 3 rings (SSSR count).